The first-order valence-corrected chi connectivity index (χ1v) is 11.7. The predicted octanol–water partition coefficient (Wildman–Crippen LogP) is 2.81. The Balaban J connectivity index is 1.80. The summed E-state index contributed by atoms with van der Waals surface area (Å²) in [7, 11) is -1.73. The van der Waals surface area contributed by atoms with Crippen LogP contribution in [0.15, 0.2) is 41.3 Å². The molecule has 4 rings (SSSR count). The number of hydrogen-bond acceptors (Lipinski definition) is 7. The van der Waals surface area contributed by atoms with Crippen LogP contribution in [0.4, 0.5) is 11.4 Å². The van der Waals surface area contributed by atoms with Crippen molar-refractivity contribution < 1.29 is 13.2 Å². The molecule has 0 fully saturated rings. The molecule has 1 aliphatic heterocycles. The summed E-state index contributed by atoms with van der Waals surface area (Å²) in [5.41, 5.74) is 4.51. The SMILES string of the molecule is Cc1cc(Cc2cc(Nc3ccccc3S(C)(=O)=O)c3c(n2)CN(C)C3=O)nc(C)n1. The topological polar surface area (TPSA) is 105 Å². The van der Waals surface area contributed by atoms with Crippen LogP contribution in [-0.4, -0.2) is 47.5 Å². The number of aromatic nitrogens is 3. The van der Waals surface area contributed by atoms with Gasteiger partial charge in [-0.2, -0.15) is 0 Å². The Morgan fingerprint density at radius 2 is 1.74 bits per heavy atom. The maximum absolute atomic E-state index is 12.8. The number of para-hydroxylation sites is 1. The Labute approximate surface area is 181 Å². The lowest BCUT2D eigenvalue weighted by molar-refractivity contribution is 0.0817. The number of nitrogens with zero attached hydrogens (tertiary/aromatic N) is 4. The molecule has 0 saturated carbocycles. The molecule has 1 aromatic carbocycles. The van der Waals surface area contributed by atoms with Crippen LogP contribution >= 0.6 is 0 Å². The van der Waals surface area contributed by atoms with E-state index in [1.54, 1.807) is 42.3 Å². The minimum absolute atomic E-state index is 0.151. The number of rotatable bonds is 5. The fourth-order valence-corrected chi connectivity index (χ4v) is 4.64. The van der Waals surface area contributed by atoms with Crippen LogP contribution < -0.4 is 5.32 Å². The van der Waals surface area contributed by atoms with Gasteiger partial charge in [-0.25, -0.2) is 18.4 Å². The summed E-state index contributed by atoms with van der Waals surface area (Å²) in [6.45, 7) is 4.15. The van der Waals surface area contributed by atoms with Gasteiger partial charge in [0.05, 0.1) is 39.8 Å². The average Bonchev–Trinajstić information content (AvgIpc) is 2.94. The molecule has 0 atom stereocenters. The Morgan fingerprint density at radius 1 is 1.03 bits per heavy atom. The van der Waals surface area contributed by atoms with Crippen LogP contribution in [0.3, 0.4) is 0 Å². The van der Waals surface area contributed by atoms with Crippen molar-refractivity contribution >= 4 is 27.1 Å². The number of carbonyl (C=O) groups excluding carboxylic acids is 1. The lowest BCUT2D eigenvalue weighted by Gasteiger charge is -2.15. The number of aryl methyl sites for hydroxylation is 2. The minimum Gasteiger partial charge on any atom is -0.354 e. The van der Waals surface area contributed by atoms with Crippen molar-refractivity contribution in [2.45, 2.75) is 31.7 Å². The third-order valence-electron chi connectivity index (χ3n) is 5.03. The number of amides is 1. The number of benzene rings is 1. The van der Waals surface area contributed by atoms with E-state index in [0.29, 0.717) is 41.4 Å². The molecule has 0 bridgehead atoms. The van der Waals surface area contributed by atoms with E-state index >= 15 is 0 Å². The third kappa shape index (κ3) is 4.27. The molecule has 0 saturated heterocycles. The molecule has 3 aromatic rings. The zero-order chi connectivity index (χ0) is 22.3. The zero-order valence-corrected chi connectivity index (χ0v) is 18.6. The van der Waals surface area contributed by atoms with E-state index in [4.69, 9.17) is 4.98 Å². The van der Waals surface area contributed by atoms with Gasteiger partial charge in [-0.05, 0) is 38.1 Å². The molecule has 0 unspecified atom stereocenters. The molecular formula is C22H23N5O3S. The van der Waals surface area contributed by atoms with E-state index in [1.807, 2.05) is 19.9 Å². The van der Waals surface area contributed by atoms with Crippen LogP contribution in [0, 0.1) is 13.8 Å². The molecule has 31 heavy (non-hydrogen) atoms. The lowest BCUT2D eigenvalue weighted by atomic mass is 10.1. The van der Waals surface area contributed by atoms with Crippen molar-refractivity contribution in [1.29, 1.82) is 0 Å². The highest BCUT2D eigenvalue weighted by Crippen LogP contribution is 2.33. The van der Waals surface area contributed by atoms with Crippen LogP contribution in [-0.2, 0) is 22.8 Å². The van der Waals surface area contributed by atoms with Gasteiger partial charge in [-0.15, -0.1) is 0 Å². The van der Waals surface area contributed by atoms with E-state index in [0.717, 1.165) is 23.3 Å². The molecule has 0 spiro atoms. The minimum atomic E-state index is -3.45. The molecular weight excluding hydrogens is 414 g/mol. The van der Waals surface area contributed by atoms with Crippen molar-refractivity contribution in [3.63, 3.8) is 0 Å². The number of pyridine rings is 1. The number of carbonyl (C=O) groups is 1. The van der Waals surface area contributed by atoms with Crippen LogP contribution in [0.1, 0.15) is 39.0 Å². The second-order valence-electron chi connectivity index (χ2n) is 7.76. The quantitative estimate of drug-likeness (QED) is 0.654. The molecule has 3 heterocycles. The second kappa shape index (κ2) is 7.73. The van der Waals surface area contributed by atoms with E-state index in [1.165, 1.54) is 0 Å². The van der Waals surface area contributed by atoms with Gasteiger partial charge in [0.2, 0.25) is 0 Å². The van der Waals surface area contributed by atoms with Gasteiger partial charge >= 0.3 is 0 Å². The summed E-state index contributed by atoms with van der Waals surface area (Å²) in [6, 6.07) is 10.3. The highest BCUT2D eigenvalue weighted by molar-refractivity contribution is 7.90. The van der Waals surface area contributed by atoms with Crippen molar-refractivity contribution in [1.82, 2.24) is 19.9 Å². The van der Waals surface area contributed by atoms with Gasteiger partial charge in [-0.1, -0.05) is 12.1 Å². The van der Waals surface area contributed by atoms with Crippen molar-refractivity contribution in [2.75, 3.05) is 18.6 Å². The monoisotopic (exact) mass is 437 g/mol. The van der Waals surface area contributed by atoms with Crippen LogP contribution in [0.2, 0.25) is 0 Å². The molecule has 0 aliphatic carbocycles. The number of nitrogens with one attached hydrogen (secondary N) is 1. The van der Waals surface area contributed by atoms with Crippen LogP contribution in [0.5, 0.6) is 0 Å². The highest BCUT2D eigenvalue weighted by Gasteiger charge is 2.30. The molecule has 2 aromatic heterocycles. The molecule has 1 N–H and O–H groups in total. The summed E-state index contributed by atoms with van der Waals surface area (Å²) >= 11 is 0. The third-order valence-corrected chi connectivity index (χ3v) is 6.19. The van der Waals surface area contributed by atoms with Gasteiger partial charge in [0.15, 0.2) is 9.84 Å². The van der Waals surface area contributed by atoms with E-state index < -0.39 is 9.84 Å². The zero-order valence-electron chi connectivity index (χ0n) is 17.8. The highest BCUT2D eigenvalue weighted by atomic mass is 32.2. The number of sulfone groups is 1. The summed E-state index contributed by atoms with van der Waals surface area (Å²) < 4.78 is 24.4. The van der Waals surface area contributed by atoms with E-state index in [-0.39, 0.29) is 10.8 Å². The first-order valence-electron chi connectivity index (χ1n) is 9.77. The summed E-state index contributed by atoms with van der Waals surface area (Å²) in [5, 5.41) is 3.18. The van der Waals surface area contributed by atoms with Crippen LogP contribution in [0.25, 0.3) is 0 Å². The fourth-order valence-electron chi connectivity index (χ4n) is 3.79. The van der Waals surface area contributed by atoms with Crippen molar-refractivity contribution in [3.05, 3.63) is 70.6 Å². The van der Waals surface area contributed by atoms with Gasteiger partial charge in [0, 0.05) is 31.1 Å². The van der Waals surface area contributed by atoms with Gasteiger partial charge in [-0.3, -0.25) is 9.78 Å². The number of fused-ring (bicyclic) bond motifs is 1. The maximum atomic E-state index is 12.8. The number of hydrogen-bond donors (Lipinski definition) is 1. The summed E-state index contributed by atoms with van der Waals surface area (Å²) in [6.07, 6.45) is 1.63. The second-order valence-corrected chi connectivity index (χ2v) is 9.75. The van der Waals surface area contributed by atoms with E-state index in [2.05, 4.69) is 15.3 Å². The van der Waals surface area contributed by atoms with Gasteiger partial charge < -0.3 is 10.2 Å². The van der Waals surface area contributed by atoms with Gasteiger partial charge in [0.1, 0.15) is 5.82 Å². The Kier molecular flexibility index (Phi) is 5.22. The predicted molar refractivity (Wildman–Crippen MR) is 117 cm³/mol. The van der Waals surface area contributed by atoms with Crippen molar-refractivity contribution in [2.24, 2.45) is 0 Å². The average molecular weight is 438 g/mol. The largest absolute Gasteiger partial charge is 0.354 e. The fraction of sp³-hybridized carbons (Fsp3) is 0.273. The van der Waals surface area contributed by atoms with E-state index in [9.17, 15) is 13.2 Å². The normalized spacial score (nSPS) is 13.4. The van der Waals surface area contributed by atoms with Gasteiger partial charge in [0.25, 0.3) is 5.91 Å². The number of anilines is 2. The summed E-state index contributed by atoms with van der Waals surface area (Å²) in [4.78, 5) is 28.0. The smallest absolute Gasteiger partial charge is 0.257 e. The molecule has 0 radical (unpaired) electrons. The molecule has 9 heteroatoms. The first-order chi connectivity index (χ1) is 14.6. The Morgan fingerprint density at radius 3 is 2.45 bits per heavy atom. The van der Waals surface area contributed by atoms with Crippen molar-refractivity contribution in [3.8, 4) is 0 Å². The molecule has 8 nitrogen and oxygen atoms in total. The molecule has 1 amide bonds. The lowest BCUT2D eigenvalue weighted by Crippen LogP contribution is -2.18. The maximum Gasteiger partial charge on any atom is 0.257 e. The Bertz CT molecular complexity index is 1280. The summed E-state index contributed by atoms with van der Waals surface area (Å²) in [5.74, 6) is 0.536. The molecule has 1 aliphatic rings. The first kappa shape index (κ1) is 20.9. The Hall–Kier alpha value is -3.33. The molecule has 160 valence electrons. The standard InChI is InChI=1S/C22H23N5O3S/c1-13-9-15(24-14(2)23-13)10-16-11-18(21-19(25-16)12-27(3)22(21)28)26-17-7-5-6-8-20(17)31(4,29)30/h5-9,11H,10,12H2,1-4H3,(H,25,26).